The number of aromatic nitrogens is 3. The van der Waals surface area contributed by atoms with Gasteiger partial charge >= 0.3 is 0 Å². The maximum absolute atomic E-state index is 13.0. The van der Waals surface area contributed by atoms with Gasteiger partial charge in [-0.2, -0.15) is 0 Å². The van der Waals surface area contributed by atoms with Crippen LogP contribution in [0.2, 0.25) is 0 Å². The third-order valence-electron chi connectivity index (χ3n) is 5.41. The van der Waals surface area contributed by atoms with Gasteiger partial charge in [0.15, 0.2) is 0 Å². The van der Waals surface area contributed by atoms with E-state index in [0.717, 1.165) is 49.2 Å². The number of hydrogen-bond donors (Lipinski definition) is 0. The zero-order valence-corrected chi connectivity index (χ0v) is 15.8. The minimum absolute atomic E-state index is 0.0562. The van der Waals surface area contributed by atoms with Crippen molar-refractivity contribution >= 4 is 17.2 Å². The monoisotopic (exact) mass is 372 g/mol. The average molecular weight is 372 g/mol. The summed E-state index contributed by atoms with van der Waals surface area (Å²) in [6, 6.07) is -0.105. The Morgan fingerprint density at radius 1 is 1.27 bits per heavy atom. The fraction of sp³-hybridized carbons (Fsp3) is 0.579. The summed E-state index contributed by atoms with van der Waals surface area (Å²) >= 11 is 1.71. The Hall–Kier alpha value is -1.86. The van der Waals surface area contributed by atoms with Gasteiger partial charge in [-0.05, 0) is 44.9 Å². The van der Waals surface area contributed by atoms with Crippen LogP contribution in [0.1, 0.15) is 54.5 Å². The fourth-order valence-corrected chi connectivity index (χ4v) is 4.65. The molecular weight excluding hydrogens is 348 g/mol. The third-order valence-corrected chi connectivity index (χ3v) is 6.23. The summed E-state index contributed by atoms with van der Waals surface area (Å²) in [4.78, 5) is 31.7. The molecule has 2 aromatic heterocycles. The lowest BCUT2D eigenvalue weighted by molar-refractivity contribution is -0.183. The number of carbonyl (C=O) groups excluding carboxylic acids is 1. The van der Waals surface area contributed by atoms with Gasteiger partial charge in [-0.1, -0.05) is 0 Å². The molecule has 0 bridgehead atoms. The smallest absolute Gasteiger partial charge is 0.249 e. The van der Waals surface area contributed by atoms with E-state index in [1.165, 1.54) is 5.69 Å². The van der Waals surface area contributed by atoms with Gasteiger partial charge in [-0.25, -0.2) is 10.0 Å². The van der Waals surface area contributed by atoms with Crippen LogP contribution >= 0.6 is 11.3 Å². The molecule has 1 atom stereocenters. The summed E-state index contributed by atoms with van der Waals surface area (Å²) in [5.41, 5.74) is 2.01. The molecule has 1 amide bonds. The predicted octanol–water partition coefficient (Wildman–Crippen LogP) is 3.50. The Morgan fingerprint density at radius 2 is 2.12 bits per heavy atom. The maximum Gasteiger partial charge on any atom is 0.249 e. The van der Waals surface area contributed by atoms with Crippen LogP contribution in [-0.4, -0.2) is 32.5 Å². The first-order valence-electron chi connectivity index (χ1n) is 9.33. The van der Waals surface area contributed by atoms with Crippen molar-refractivity contribution in [1.82, 2.24) is 20.0 Å². The zero-order chi connectivity index (χ0) is 17.9. The predicted molar refractivity (Wildman–Crippen MR) is 98.2 cm³/mol. The van der Waals surface area contributed by atoms with Crippen LogP contribution in [0.5, 0.6) is 0 Å². The Morgan fingerprint density at radius 3 is 2.81 bits per heavy atom. The Balaban J connectivity index is 1.34. The Kier molecular flexibility index (Phi) is 5.26. The van der Waals surface area contributed by atoms with Crippen LogP contribution in [0.3, 0.4) is 0 Å². The lowest BCUT2D eigenvalue weighted by Crippen LogP contribution is -2.37. The van der Waals surface area contributed by atoms with E-state index in [9.17, 15) is 4.79 Å². The standard InChI is InChI=1S/C19H24N4O2S/c1-13-22-16(12-26-13)10-14-2-4-15(5-3-14)19(24)23-18(6-9-25-23)17-11-20-7-8-21-17/h7-8,11-12,14-15,18H,2-6,9-10H2,1H3/t14?,15?,18-/m0/s1. The highest BCUT2D eigenvalue weighted by Crippen LogP contribution is 2.36. The SMILES string of the molecule is Cc1nc(CC2CCC(C(=O)N3OCC[C@H]3c3cnccn3)CC2)cs1. The first-order valence-corrected chi connectivity index (χ1v) is 10.2. The number of amides is 1. The second-order valence-corrected chi connectivity index (χ2v) is 8.27. The van der Waals surface area contributed by atoms with Crippen LogP contribution in [0.25, 0.3) is 0 Å². The van der Waals surface area contributed by atoms with Gasteiger partial charge in [0.1, 0.15) is 6.04 Å². The van der Waals surface area contributed by atoms with Crippen LogP contribution in [0.4, 0.5) is 0 Å². The molecular formula is C19H24N4O2S. The van der Waals surface area contributed by atoms with Crippen molar-refractivity contribution < 1.29 is 9.63 Å². The molecule has 0 radical (unpaired) electrons. The van der Waals surface area contributed by atoms with Gasteiger partial charge in [-0.3, -0.25) is 19.6 Å². The Bertz CT molecular complexity index is 743. The van der Waals surface area contributed by atoms with Crippen LogP contribution in [0.15, 0.2) is 24.0 Å². The van der Waals surface area contributed by atoms with Gasteiger partial charge < -0.3 is 0 Å². The van der Waals surface area contributed by atoms with Crippen LogP contribution < -0.4 is 0 Å². The fourth-order valence-electron chi connectivity index (χ4n) is 4.03. The topological polar surface area (TPSA) is 68.2 Å². The van der Waals surface area contributed by atoms with E-state index in [-0.39, 0.29) is 17.9 Å². The molecule has 6 nitrogen and oxygen atoms in total. The van der Waals surface area contributed by atoms with Crippen molar-refractivity contribution in [1.29, 1.82) is 0 Å². The van der Waals surface area contributed by atoms with Crippen molar-refractivity contribution in [3.8, 4) is 0 Å². The number of nitrogens with zero attached hydrogens (tertiary/aromatic N) is 4. The summed E-state index contributed by atoms with van der Waals surface area (Å²) in [6.07, 6.45) is 10.9. The molecule has 1 aliphatic heterocycles. The molecule has 0 unspecified atom stereocenters. The Labute approximate surface area is 157 Å². The molecule has 2 aromatic rings. The van der Waals surface area contributed by atoms with E-state index in [2.05, 4.69) is 20.3 Å². The molecule has 26 heavy (non-hydrogen) atoms. The molecule has 2 aliphatic rings. The number of hydroxylamine groups is 2. The number of carbonyl (C=O) groups is 1. The van der Waals surface area contributed by atoms with Gasteiger partial charge in [0, 0.05) is 30.1 Å². The first-order chi connectivity index (χ1) is 12.7. The van der Waals surface area contributed by atoms with Crippen molar-refractivity contribution in [2.24, 2.45) is 11.8 Å². The summed E-state index contributed by atoms with van der Waals surface area (Å²) in [5.74, 6) is 0.803. The summed E-state index contributed by atoms with van der Waals surface area (Å²) in [5, 5.41) is 4.86. The lowest BCUT2D eigenvalue weighted by Gasteiger charge is -2.31. The van der Waals surface area contributed by atoms with Crippen molar-refractivity contribution in [3.05, 3.63) is 40.4 Å². The highest BCUT2D eigenvalue weighted by atomic mass is 32.1. The molecule has 2 fully saturated rings. The van der Waals surface area contributed by atoms with Gasteiger partial charge in [0.25, 0.3) is 0 Å². The first kappa shape index (κ1) is 17.5. The highest BCUT2D eigenvalue weighted by Gasteiger charge is 2.37. The van der Waals surface area contributed by atoms with Crippen molar-refractivity contribution in [2.75, 3.05) is 6.61 Å². The minimum atomic E-state index is -0.105. The molecule has 4 rings (SSSR count). The molecule has 0 spiro atoms. The summed E-state index contributed by atoms with van der Waals surface area (Å²) < 4.78 is 0. The van der Waals surface area contributed by atoms with Crippen LogP contribution in [0, 0.1) is 18.8 Å². The van der Waals surface area contributed by atoms with E-state index < -0.39 is 0 Å². The average Bonchev–Trinajstić information content (AvgIpc) is 3.32. The number of aryl methyl sites for hydroxylation is 1. The minimum Gasteiger partial charge on any atom is -0.272 e. The van der Waals surface area contributed by atoms with E-state index in [4.69, 9.17) is 4.84 Å². The van der Waals surface area contributed by atoms with E-state index in [1.54, 1.807) is 35.0 Å². The number of thiazole rings is 1. The second-order valence-electron chi connectivity index (χ2n) is 7.21. The lowest BCUT2D eigenvalue weighted by atomic mass is 9.79. The van der Waals surface area contributed by atoms with Crippen molar-refractivity contribution in [2.45, 2.75) is 51.5 Å². The zero-order valence-electron chi connectivity index (χ0n) is 15.0. The summed E-state index contributed by atoms with van der Waals surface area (Å²) in [6.45, 7) is 2.61. The van der Waals surface area contributed by atoms with Crippen molar-refractivity contribution in [3.63, 3.8) is 0 Å². The van der Waals surface area contributed by atoms with Gasteiger partial charge in [0.05, 0.1) is 29.2 Å². The molecule has 0 N–H and O–H groups in total. The van der Waals surface area contributed by atoms with Gasteiger partial charge in [-0.15, -0.1) is 11.3 Å². The highest BCUT2D eigenvalue weighted by molar-refractivity contribution is 7.09. The summed E-state index contributed by atoms with van der Waals surface area (Å²) in [7, 11) is 0. The second kappa shape index (κ2) is 7.80. The molecule has 1 saturated heterocycles. The molecule has 7 heteroatoms. The molecule has 1 saturated carbocycles. The van der Waals surface area contributed by atoms with E-state index in [1.807, 2.05) is 6.92 Å². The molecule has 3 heterocycles. The normalized spacial score (nSPS) is 26.2. The quantitative estimate of drug-likeness (QED) is 0.822. The van der Waals surface area contributed by atoms with Crippen LogP contribution in [-0.2, 0) is 16.1 Å². The molecule has 138 valence electrons. The molecule has 1 aliphatic carbocycles. The third kappa shape index (κ3) is 3.78. The van der Waals surface area contributed by atoms with E-state index >= 15 is 0 Å². The number of rotatable bonds is 4. The largest absolute Gasteiger partial charge is 0.272 e. The molecule has 0 aromatic carbocycles. The number of hydrogen-bond acceptors (Lipinski definition) is 6. The van der Waals surface area contributed by atoms with E-state index in [0.29, 0.717) is 12.5 Å². The van der Waals surface area contributed by atoms with Gasteiger partial charge in [0.2, 0.25) is 5.91 Å². The maximum atomic E-state index is 13.0.